The Kier molecular flexibility index (Phi) is 10.7. The van der Waals surface area contributed by atoms with Gasteiger partial charge in [-0.2, -0.15) is 0 Å². The van der Waals surface area contributed by atoms with E-state index in [1.807, 2.05) is 37.2 Å². The zero-order chi connectivity index (χ0) is 33.9. The van der Waals surface area contributed by atoms with Crippen molar-refractivity contribution in [3.8, 4) is 5.75 Å². The van der Waals surface area contributed by atoms with Crippen LogP contribution in [0, 0.1) is 11.8 Å². The van der Waals surface area contributed by atoms with Crippen molar-refractivity contribution in [2.75, 3.05) is 64.1 Å². The standard InChI is InChI=1S/C36H47ClN4O6S/c1-40(2)17-16-38-34(42)22-46-32-8-4-3-5-18-48(44,45)39-35(43)26-10-14-33-31(20-26)41(21-27-9-12-29(27)32)23-36(24-47-33)15-6-7-25-19-28(37)11-13-30(25)36/h4,8,10-11,13-14,19-20,27,29,32H,3,5-7,9,12,15-18,21-24H2,1-2H3,(H,38,42)(H,39,43)/b8-4-/t27-,29+,32+,36-/m0/s1. The van der Waals surface area contributed by atoms with Gasteiger partial charge in [-0.1, -0.05) is 29.8 Å². The number of anilines is 1. The lowest BCUT2D eigenvalue weighted by Gasteiger charge is -2.46. The van der Waals surface area contributed by atoms with Crippen molar-refractivity contribution in [1.29, 1.82) is 0 Å². The Bertz CT molecular complexity index is 1650. The average Bonchev–Trinajstić information content (AvgIpc) is 3.17. The molecule has 1 spiro atoms. The van der Waals surface area contributed by atoms with E-state index >= 15 is 0 Å². The van der Waals surface area contributed by atoms with Crippen molar-refractivity contribution in [3.05, 3.63) is 70.3 Å². The fourth-order valence-corrected chi connectivity index (χ4v) is 8.87. The zero-order valence-corrected chi connectivity index (χ0v) is 29.5. The number of allylic oxidation sites excluding steroid dienone is 1. The van der Waals surface area contributed by atoms with E-state index in [1.165, 1.54) is 11.1 Å². The van der Waals surface area contributed by atoms with E-state index in [4.69, 9.17) is 21.1 Å². The molecule has 0 aromatic heterocycles. The summed E-state index contributed by atoms with van der Waals surface area (Å²) in [4.78, 5) is 30.3. The molecule has 6 rings (SSSR count). The molecular weight excluding hydrogens is 652 g/mol. The Morgan fingerprint density at radius 2 is 2.04 bits per heavy atom. The van der Waals surface area contributed by atoms with Gasteiger partial charge in [0.15, 0.2) is 0 Å². The number of hydrogen-bond acceptors (Lipinski definition) is 8. The monoisotopic (exact) mass is 698 g/mol. The zero-order valence-electron chi connectivity index (χ0n) is 27.9. The second kappa shape index (κ2) is 14.8. The minimum atomic E-state index is -3.84. The molecule has 4 atom stereocenters. The molecule has 2 N–H and O–H groups in total. The highest BCUT2D eigenvalue weighted by molar-refractivity contribution is 7.90. The van der Waals surface area contributed by atoms with Crippen LogP contribution in [0.25, 0.3) is 0 Å². The molecule has 0 saturated heterocycles. The molecule has 10 nitrogen and oxygen atoms in total. The van der Waals surface area contributed by atoms with Gasteiger partial charge in [-0.05, 0) is 112 Å². The predicted octanol–water partition coefficient (Wildman–Crippen LogP) is 4.31. The Morgan fingerprint density at radius 3 is 2.83 bits per heavy atom. The smallest absolute Gasteiger partial charge is 0.264 e. The summed E-state index contributed by atoms with van der Waals surface area (Å²) in [5.41, 5.74) is 3.26. The minimum Gasteiger partial charge on any atom is -0.490 e. The van der Waals surface area contributed by atoms with E-state index in [0.29, 0.717) is 44.8 Å². The van der Waals surface area contributed by atoms with Crippen LogP contribution >= 0.6 is 11.6 Å². The molecule has 12 heteroatoms. The first-order valence-corrected chi connectivity index (χ1v) is 19.1. The molecule has 1 saturated carbocycles. The van der Waals surface area contributed by atoms with E-state index < -0.39 is 15.9 Å². The van der Waals surface area contributed by atoms with Crippen LogP contribution in [0.2, 0.25) is 5.02 Å². The largest absolute Gasteiger partial charge is 0.490 e. The molecule has 0 unspecified atom stereocenters. The third kappa shape index (κ3) is 8.01. The Balaban J connectivity index is 1.32. The number of rotatable bonds is 6. The number of sulfonamides is 1. The fraction of sp³-hybridized carbons (Fsp3) is 0.556. The van der Waals surface area contributed by atoms with Crippen LogP contribution in [0.3, 0.4) is 0 Å². The summed E-state index contributed by atoms with van der Waals surface area (Å²) in [6.07, 6.45) is 9.42. The third-order valence-electron chi connectivity index (χ3n) is 10.3. The van der Waals surface area contributed by atoms with E-state index in [-0.39, 0.29) is 47.2 Å². The van der Waals surface area contributed by atoms with Gasteiger partial charge in [0.05, 0.1) is 24.2 Å². The molecule has 0 radical (unpaired) electrons. The third-order valence-corrected chi connectivity index (χ3v) is 11.9. The van der Waals surface area contributed by atoms with Crippen LogP contribution in [-0.2, 0) is 31.4 Å². The summed E-state index contributed by atoms with van der Waals surface area (Å²) < 4.78 is 40.9. The number of nitrogens with one attached hydrogen (secondary N) is 2. The molecule has 2 aliphatic heterocycles. The predicted molar refractivity (Wildman–Crippen MR) is 187 cm³/mol. The van der Waals surface area contributed by atoms with Gasteiger partial charge in [0.1, 0.15) is 12.4 Å². The maximum Gasteiger partial charge on any atom is 0.264 e. The van der Waals surface area contributed by atoms with Crippen LogP contribution in [0.1, 0.15) is 60.0 Å². The minimum absolute atomic E-state index is 0.0434. The summed E-state index contributed by atoms with van der Waals surface area (Å²) in [6.45, 7) is 3.11. The number of fused-ring (bicyclic) bond motifs is 4. The fourth-order valence-electron chi connectivity index (χ4n) is 7.63. The van der Waals surface area contributed by atoms with Crippen LogP contribution in [0.4, 0.5) is 5.69 Å². The number of carbonyl (C=O) groups excluding carboxylic acids is 2. The quantitative estimate of drug-likeness (QED) is 0.429. The second-order valence-electron chi connectivity index (χ2n) is 14.0. The van der Waals surface area contributed by atoms with Gasteiger partial charge in [-0.15, -0.1) is 0 Å². The van der Waals surface area contributed by atoms with Crippen molar-refractivity contribution >= 4 is 39.1 Å². The van der Waals surface area contributed by atoms with Crippen LogP contribution in [-0.4, -0.2) is 90.5 Å². The first-order valence-electron chi connectivity index (χ1n) is 17.1. The van der Waals surface area contributed by atoms with Crippen LogP contribution in [0.5, 0.6) is 5.75 Å². The molecule has 2 aromatic rings. The Morgan fingerprint density at radius 1 is 1.19 bits per heavy atom. The molecule has 2 aliphatic carbocycles. The number of hydrogen-bond donors (Lipinski definition) is 2. The first-order chi connectivity index (χ1) is 23.0. The van der Waals surface area contributed by atoms with E-state index in [2.05, 4.69) is 27.1 Å². The van der Waals surface area contributed by atoms with Crippen molar-refractivity contribution in [3.63, 3.8) is 0 Å². The van der Waals surface area contributed by atoms with Crippen molar-refractivity contribution in [2.24, 2.45) is 11.8 Å². The van der Waals surface area contributed by atoms with Gasteiger partial charge in [0.2, 0.25) is 15.9 Å². The van der Waals surface area contributed by atoms with E-state index in [0.717, 1.165) is 49.4 Å². The van der Waals surface area contributed by atoms with Gasteiger partial charge in [0, 0.05) is 42.2 Å². The van der Waals surface area contributed by atoms with Gasteiger partial charge >= 0.3 is 0 Å². The summed E-state index contributed by atoms with van der Waals surface area (Å²) >= 11 is 6.43. The van der Waals surface area contributed by atoms with Gasteiger partial charge in [0.25, 0.3) is 5.91 Å². The number of halogens is 1. The topological polar surface area (TPSA) is 117 Å². The first kappa shape index (κ1) is 34.7. The molecule has 2 aromatic carbocycles. The summed E-state index contributed by atoms with van der Waals surface area (Å²) in [7, 11) is 0.0770. The number of aryl methyl sites for hydroxylation is 1. The lowest BCUT2D eigenvalue weighted by molar-refractivity contribution is -0.129. The molecular formula is C36H47ClN4O6S. The van der Waals surface area contributed by atoms with Crippen molar-refractivity contribution in [2.45, 2.75) is 56.5 Å². The summed E-state index contributed by atoms with van der Waals surface area (Å²) in [5, 5.41) is 3.65. The maximum absolute atomic E-state index is 13.3. The number of amides is 2. The van der Waals surface area contributed by atoms with Gasteiger partial charge in [-0.3, -0.25) is 9.59 Å². The number of ether oxygens (including phenoxy) is 2. The average molecular weight is 699 g/mol. The highest BCUT2D eigenvalue weighted by atomic mass is 35.5. The lowest BCUT2D eigenvalue weighted by atomic mass is 9.68. The molecule has 4 aliphatic rings. The van der Waals surface area contributed by atoms with Gasteiger partial charge < -0.3 is 24.6 Å². The highest BCUT2D eigenvalue weighted by Crippen LogP contribution is 2.47. The molecule has 2 amide bonds. The van der Waals surface area contributed by atoms with E-state index in [1.54, 1.807) is 18.2 Å². The maximum atomic E-state index is 13.3. The number of carbonyl (C=O) groups is 2. The normalized spacial score (nSPS) is 27.5. The molecule has 1 fully saturated rings. The second-order valence-corrected chi connectivity index (χ2v) is 16.3. The number of likely N-dealkylation sites (N-methyl/N-ethyl adjacent to an activating group) is 1. The Hall–Kier alpha value is -3.12. The molecule has 2 bridgehead atoms. The van der Waals surface area contributed by atoms with Crippen molar-refractivity contribution in [1.82, 2.24) is 14.9 Å². The lowest BCUT2D eigenvalue weighted by Crippen LogP contribution is -2.50. The molecule has 2 heterocycles. The highest BCUT2D eigenvalue weighted by Gasteiger charge is 2.44. The number of benzene rings is 2. The van der Waals surface area contributed by atoms with E-state index in [9.17, 15) is 18.0 Å². The number of nitrogens with zero attached hydrogens (tertiary/aromatic N) is 2. The SMILES string of the molecule is CN(C)CCNC(=O)CO[C@@H]1/C=C\CCCS(=O)(=O)NC(=O)c2ccc3c(c2)N(C[C@@H]2CC[C@H]21)C[C@@]1(CCCc2cc(Cl)ccc21)CO3. The van der Waals surface area contributed by atoms with Gasteiger partial charge in [-0.25, -0.2) is 13.1 Å². The molecule has 260 valence electrons. The van der Waals surface area contributed by atoms with Crippen LogP contribution < -0.4 is 19.7 Å². The van der Waals surface area contributed by atoms with Crippen molar-refractivity contribution < 1.29 is 27.5 Å². The molecule has 48 heavy (non-hydrogen) atoms. The summed E-state index contributed by atoms with van der Waals surface area (Å²) in [6, 6.07) is 11.4. The van der Waals surface area contributed by atoms with Crippen LogP contribution in [0.15, 0.2) is 48.6 Å². The summed E-state index contributed by atoms with van der Waals surface area (Å²) in [5.74, 6) is 0.154. The Labute approximate surface area is 289 Å².